The zero-order valence-electron chi connectivity index (χ0n) is 10.7. The predicted octanol–water partition coefficient (Wildman–Crippen LogP) is 0.254. The molecule has 7 nitrogen and oxygen atoms in total. The first kappa shape index (κ1) is 15.4. The van der Waals surface area contributed by atoms with Crippen LogP contribution >= 0.6 is 0 Å². The first-order valence-corrected chi connectivity index (χ1v) is 5.60. The number of aliphatic carboxylic acids is 1. The van der Waals surface area contributed by atoms with E-state index < -0.39 is 36.8 Å². The lowest BCUT2D eigenvalue weighted by Crippen LogP contribution is -2.47. The number of hydrogen-bond donors (Lipinski definition) is 2. The maximum Gasteiger partial charge on any atom is 0.325 e. The SMILES string of the molecule is CN(C(=O)N(CC(N)=O)CC(=O)O)c1ccccc1F. The second-order valence-corrected chi connectivity index (χ2v) is 4.01. The van der Waals surface area contributed by atoms with E-state index in [1.165, 1.54) is 25.2 Å². The number of halogens is 1. The number of anilines is 1. The molecule has 0 unspecified atom stereocenters. The minimum Gasteiger partial charge on any atom is -0.480 e. The molecule has 0 atom stereocenters. The number of primary amides is 1. The Morgan fingerprint density at radius 1 is 1.25 bits per heavy atom. The summed E-state index contributed by atoms with van der Waals surface area (Å²) in [5.74, 6) is -2.80. The zero-order valence-corrected chi connectivity index (χ0v) is 10.7. The number of amides is 3. The van der Waals surface area contributed by atoms with E-state index in [-0.39, 0.29) is 5.69 Å². The number of urea groups is 1. The van der Waals surface area contributed by atoms with Gasteiger partial charge in [-0.15, -0.1) is 0 Å². The monoisotopic (exact) mass is 283 g/mol. The van der Waals surface area contributed by atoms with Gasteiger partial charge in [-0.1, -0.05) is 12.1 Å². The molecule has 1 aromatic rings. The third-order valence-electron chi connectivity index (χ3n) is 2.44. The molecule has 0 saturated carbocycles. The van der Waals surface area contributed by atoms with E-state index in [0.717, 1.165) is 15.9 Å². The van der Waals surface area contributed by atoms with Crippen LogP contribution in [-0.4, -0.2) is 48.1 Å². The van der Waals surface area contributed by atoms with E-state index in [9.17, 15) is 18.8 Å². The van der Waals surface area contributed by atoms with Gasteiger partial charge >= 0.3 is 12.0 Å². The molecule has 0 spiro atoms. The Morgan fingerprint density at radius 2 is 1.85 bits per heavy atom. The summed E-state index contributed by atoms with van der Waals surface area (Å²) < 4.78 is 13.6. The van der Waals surface area contributed by atoms with Crippen LogP contribution in [0.4, 0.5) is 14.9 Å². The van der Waals surface area contributed by atoms with Crippen LogP contribution in [0.2, 0.25) is 0 Å². The van der Waals surface area contributed by atoms with Crippen molar-refractivity contribution in [2.75, 3.05) is 25.0 Å². The zero-order chi connectivity index (χ0) is 15.3. The van der Waals surface area contributed by atoms with Gasteiger partial charge in [-0.2, -0.15) is 0 Å². The van der Waals surface area contributed by atoms with Crippen LogP contribution in [0.1, 0.15) is 0 Å². The topological polar surface area (TPSA) is 104 Å². The quantitative estimate of drug-likeness (QED) is 0.808. The van der Waals surface area contributed by atoms with Crippen molar-refractivity contribution in [2.24, 2.45) is 5.73 Å². The maximum absolute atomic E-state index is 13.6. The number of nitrogens with zero attached hydrogens (tertiary/aromatic N) is 2. The first-order chi connectivity index (χ1) is 9.32. The van der Waals surface area contributed by atoms with Crippen molar-refractivity contribution in [3.05, 3.63) is 30.1 Å². The molecular weight excluding hydrogens is 269 g/mol. The number of carboxylic acid groups (broad SMARTS) is 1. The van der Waals surface area contributed by atoms with Gasteiger partial charge in [0.15, 0.2) is 0 Å². The van der Waals surface area contributed by atoms with Gasteiger partial charge in [-0.25, -0.2) is 9.18 Å². The van der Waals surface area contributed by atoms with Crippen LogP contribution in [0.25, 0.3) is 0 Å². The normalized spacial score (nSPS) is 9.90. The third-order valence-corrected chi connectivity index (χ3v) is 2.44. The molecule has 0 fully saturated rings. The Hall–Kier alpha value is -2.64. The minimum absolute atomic E-state index is 0.0302. The summed E-state index contributed by atoms with van der Waals surface area (Å²) in [6.07, 6.45) is 0. The van der Waals surface area contributed by atoms with E-state index in [2.05, 4.69) is 0 Å². The Bertz CT molecular complexity index is 519. The number of hydrogen-bond acceptors (Lipinski definition) is 3. The molecule has 8 heteroatoms. The lowest BCUT2D eigenvalue weighted by Gasteiger charge is -2.26. The number of para-hydroxylation sites is 1. The van der Waals surface area contributed by atoms with Crippen molar-refractivity contribution >= 4 is 23.6 Å². The van der Waals surface area contributed by atoms with Gasteiger partial charge in [-0.05, 0) is 12.1 Å². The number of carbonyl (C=O) groups excluding carboxylic acids is 2. The Labute approximate surface area is 114 Å². The molecule has 0 radical (unpaired) electrons. The smallest absolute Gasteiger partial charge is 0.325 e. The molecule has 1 aromatic carbocycles. The lowest BCUT2D eigenvalue weighted by atomic mass is 10.3. The largest absolute Gasteiger partial charge is 0.480 e. The van der Waals surface area contributed by atoms with Gasteiger partial charge in [0.1, 0.15) is 18.9 Å². The highest BCUT2D eigenvalue weighted by Gasteiger charge is 2.24. The molecule has 0 aliphatic heterocycles. The van der Waals surface area contributed by atoms with Crippen LogP contribution in [-0.2, 0) is 9.59 Å². The van der Waals surface area contributed by atoms with Crippen molar-refractivity contribution < 1.29 is 23.9 Å². The number of rotatable bonds is 5. The number of carboxylic acids is 1. The minimum atomic E-state index is -1.30. The van der Waals surface area contributed by atoms with Crippen molar-refractivity contribution in [3.63, 3.8) is 0 Å². The maximum atomic E-state index is 13.6. The molecule has 20 heavy (non-hydrogen) atoms. The van der Waals surface area contributed by atoms with Gasteiger partial charge < -0.3 is 15.7 Å². The van der Waals surface area contributed by atoms with E-state index in [0.29, 0.717) is 0 Å². The van der Waals surface area contributed by atoms with Crippen LogP contribution < -0.4 is 10.6 Å². The van der Waals surface area contributed by atoms with Gasteiger partial charge in [-0.3, -0.25) is 14.5 Å². The second-order valence-electron chi connectivity index (χ2n) is 4.01. The summed E-state index contributed by atoms with van der Waals surface area (Å²) in [4.78, 5) is 35.3. The number of benzene rings is 1. The van der Waals surface area contributed by atoms with Crippen LogP contribution in [0.3, 0.4) is 0 Å². The predicted molar refractivity (Wildman–Crippen MR) is 68.6 cm³/mol. The standard InChI is InChI=1S/C12H14FN3O4/c1-15(9-5-3-2-4-8(9)13)12(20)16(6-10(14)17)7-11(18)19/h2-5H,6-7H2,1H3,(H2,14,17)(H,18,19). The van der Waals surface area contributed by atoms with Crippen molar-refractivity contribution in [1.82, 2.24) is 4.90 Å². The highest BCUT2D eigenvalue weighted by atomic mass is 19.1. The fraction of sp³-hybridized carbons (Fsp3) is 0.250. The summed E-state index contributed by atoms with van der Waals surface area (Å²) in [7, 11) is 1.27. The average Bonchev–Trinajstić information content (AvgIpc) is 2.35. The number of nitrogens with two attached hydrogens (primary N) is 1. The summed E-state index contributed by atoms with van der Waals surface area (Å²) in [6, 6.07) is 4.66. The van der Waals surface area contributed by atoms with E-state index >= 15 is 0 Å². The molecule has 3 amide bonds. The van der Waals surface area contributed by atoms with Crippen molar-refractivity contribution in [2.45, 2.75) is 0 Å². The third kappa shape index (κ3) is 3.94. The van der Waals surface area contributed by atoms with Gasteiger partial charge in [0.2, 0.25) is 5.91 Å². The summed E-state index contributed by atoms with van der Waals surface area (Å²) >= 11 is 0. The lowest BCUT2D eigenvalue weighted by molar-refractivity contribution is -0.137. The van der Waals surface area contributed by atoms with E-state index in [1.54, 1.807) is 0 Å². The fourth-order valence-corrected chi connectivity index (χ4v) is 1.58. The molecule has 1 rings (SSSR count). The first-order valence-electron chi connectivity index (χ1n) is 5.60. The van der Waals surface area contributed by atoms with Crippen molar-refractivity contribution in [3.8, 4) is 0 Å². The molecule has 0 aliphatic rings. The summed E-state index contributed by atoms with van der Waals surface area (Å²) in [6.45, 7) is -1.27. The molecule has 0 bridgehead atoms. The van der Waals surface area contributed by atoms with Crippen LogP contribution in [0.15, 0.2) is 24.3 Å². The van der Waals surface area contributed by atoms with Crippen molar-refractivity contribution in [1.29, 1.82) is 0 Å². The fourth-order valence-electron chi connectivity index (χ4n) is 1.58. The van der Waals surface area contributed by atoms with Crippen LogP contribution in [0, 0.1) is 5.82 Å². The van der Waals surface area contributed by atoms with Gasteiger partial charge in [0.25, 0.3) is 0 Å². The van der Waals surface area contributed by atoms with Crippen LogP contribution in [0.5, 0.6) is 0 Å². The number of carbonyl (C=O) groups is 3. The molecule has 3 N–H and O–H groups in total. The molecule has 0 heterocycles. The average molecular weight is 283 g/mol. The molecular formula is C12H14FN3O4. The highest BCUT2D eigenvalue weighted by molar-refractivity contribution is 5.95. The van der Waals surface area contributed by atoms with Gasteiger partial charge in [0.05, 0.1) is 5.69 Å². The molecule has 108 valence electrons. The molecule has 0 saturated heterocycles. The van der Waals surface area contributed by atoms with Gasteiger partial charge in [0, 0.05) is 7.05 Å². The molecule has 0 aromatic heterocycles. The summed E-state index contributed by atoms with van der Waals surface area (Å²) in [5, 5.41) is 8.71. The summed E-state index contributed by atoms with van der Waals surface area (Å²) in [5.41, 5.74) is 4.93. The van der Waals surface area contributed by atoms with E-state index in [1.807, 2.05) is 0 Å². The Morgan fingerprint density at radius 3 is 2.35 bits per heavy atom. The Balaban J connectivity index is 2.96. The highest BCUT2D eigenvalue weighted by Crippen LogP contribution is 2.18. The Kier molecular flexibility index (Phi) is 5.01. The van der Waals surface area contributed by atoms with E-state index in [4.69, 9.17) is 10.8 Å². The molecule has 0 aliphatic carbocycles. The second kappa shape index (κ2) is 6.50.